The van der Waals surface area contributed by atoms with Crippen molar-refractivity contribution in [3.63, 3.8) is 0 Å². The molecule has 0 spiro atoms. The lowest BCUT2D eigenvalue weighted by Gasteiger charge is -2.23. The van der Waals surface area contributed by atoms with E-state index >= 15 is 0 Å². The van der Waals surface area contributed by atoms with Gasteiger partial charge in [-0.15, -0.1) is 0 Å². The number of sulfonamides is 1. The summed E-state index contributed by atoms with van der Waals surface area (Å²) < 4.78 is 26.4. The molecule has 1 aliphatic heterocycles. The van der Waals surface area contributed by atoms with Crippen molar-refractivity contribution in [3.8, 4) is 0 Å². The van der Waals surface area contributed by atoms with E-state index in [1.165, 1.54) is 12.1 Å². The van der Waals surface area contributed by atoms with Crippen LogP contribution in [0.15, 0.2) is 59.5 Å². The molecule has 0 saturated carbocycles. The number of hydrogen-bond acceptors (Lipinski definition) is 4. The number of anilines is 1. The van der Waals surface area contributed by atoms with Gasteiger partial charge in [-0.25, -0.2) is 12.7 Å². The first-order chi connectivity index (χ1) is 12.4. The molecule has 7 heteroatoms. The zero-order chi connectivity index (χ0) is 18.7. The van der Waals surface area contributed by atoms with E-state index in [1.807, 2.05) is 25.1 Å². The van der Waals surface area contributed by atoms with Crippen molar-refractivity contribution >= 4 is 27.5 Å². The minimum Gasteiger partial charge on any atom is -0.324 e. The summed E-state index contributed by atoms with van der Waals surface area (Å²) in [5.74, 6) is -1.06. The van der Waals surface area contributed by atoms with E-state index < -0.39 is 27.9 Å². The Labute approximate surface area is 152 Å². The number of nitrogens with one attached hydrogen (secondary N) is 1. The molecule has 3 rings (SSSR count). The van der Waals surface area contributed by atoms with Crippen LogP contribution in [0.5, 0.6) is 0 Å². The third-order valence-corrected chi connectivity index (χ3v) is 6.21. The fourth-order valence-corrected chi connectivity index (χ4v) is 4.62. The third-order valence-electron chi connectivity index (χ3n) is 4.37. The summed E-state index contributed by atoms with van der Waals surface area (Å²) in [6.45, 7) is 2.00. The van der Waals surface area contributed by atoms with Crippen molar-refractivity contribution in [2.75, 3.05) is 5.32 Å². The molecule has 1 atom stereocenters. The highest BCUT2D eigenvalue weighted by Gasteiger charge is 2.44. The normalized spacial score (nSPS) is 17.3. The minimum absolute atomic E-state index is 0.000954. The van der Waals surface area contributed by atoms with E-state index in [9.17, 15) is 18.0 Å². The second-order valence-electron chi connectivity index (χ2n) is 6.11. The molecule has 2 aromatic carbocycles. The molecule has 1 N–H and O–H groups in total. The molecule has 1 saturated heterocycles. The summed E-state index contributed by atoms with van der Waals surface area (Å²) >= 11 is 0. The quantitative estimate of drug-likeness (QED) is 0.874. The summed E-state index contributed by atoms with van der Waals surface area (Å²) in [5.41, 5.74) is 1.64. The van der Waals surface area contributed by atoms with E-state index in [2.05, 4.69) is 5.32 Å². The molecule has 136 valence electrons. The molecular weight excluding hydrogens is 352 g/mol. The van der Waals surface area contributed by atoms with Crippen molar-refractivity contribution in [2.45, 2.75) is 37.1 Å². The zero-order valence-electron chi connectivity index (χ0n) is 14.4. The lowest BCUT2D eigenvalue weighted by molar-refractivity contribution is -0.128. The molecule has 0 unspecified atom stereocenters. The first-order valence-corrected chi connectivity index (χ1v) is 9.89. The number of hydrogen-bond donors (Lipinski definition) is 1. The molecule has 0 aromatic heterocycles. The van der Waals surface area contributed by atoms with Crippen LogP contribution >= 0.6 is 0 Å². The first-order valence-electron chi connectivity index (χ1n) is 8.45. The van der Waals surface area contributed by atoms with Crippen molar-refractivity contribution in [1.29, 1.82) is 0 Å². The predicted octanol–water partition coefficient (Wildman–Crippen LogP) is 2.57. The number of rotatable bonds is 5. The maximum atomic E-state index is 12.8. The number of amides is 2. The summed E-state index contributed by atoms with van der Waals surface area (Å²) in [4.78, 5) is 24.9. The highest BCUT2D eigenvalue weighted by Crippen LogP contribution is 2.28. The molecule has 6 nitrogen and oxygen atoms in total. The van der Waals surface area contributed by atoms with E-state index in [0.29, 0.717) is 5.69 Å². The van der Waals surface area contributed by atoms with E-state index in [1.54, 1.807) is 24.3 Å². The second-order valence-corrected chi connectivity index (χ2v) is 7.92. The maximum Gasteiger partial charge on any atom is 0.267 e. The standard InChI is InChI=1S/C19H20N2O4S/c1-2-14-7-6-8-15(13-14)20-19(23)17-11-12-18(22)21(17)26(24,25)16-9-4-3-5-10-16/h3-10,13,17H,2,11-12H2,1H3,(H,20,23)/t17-/m0/s1. The predicted molar refractivity (Wildman–Crippen MR) is 97.9 cm³/mol. The molecule has 0 bridgehead atoms. The molecule has 0 aliphatic carbocycles. The van der Waals surface area contributed by atoms with Crippen LogP contribution in [-0.4, -0.2) is 30.6 Å². The number of carbonyl (C=O) groups is 2. The lowest BCUT2D eigenvalue weighted by Crippen LogP contribution is -2.45. The maximum absolute atomic E-state index is 12.8. The Kier molecular flexibility index (Phi) is 5.08. The monoisotopic (exact) mass is 372 g/mol. The molecular formula is C19H20N2O4S. The van der Waals surface area contributed by atoms with Crippen molar-refractivity contribution in [3.05, 3.63) is 60.2 Å². The highest BCUT2D eigenvalue weighted by molar-refractivity contribution is 7.89. The van der Waals surface area contributed by atoms with Crippen LogP contribution in [-0.2, 0) is 26.0 Å². The Balaban J connectivity index is 1.86. The average Bonchev–Trinajstić information content (AvgIpc) is 3.05. The average molecular weight is 372 g/mol. The Morgan fingerprint density at radius 1 is 1.15 bits per heavy atom. The topological polar surface area (TPSA) is 83.6 Å². The van der Waals surface area contributed by atoms with Gasteiger partial charge in [-0.3, -0.25) is 9.59 Å². The van der Waals surface area contributed by atoms with Crippen LogP contribution in [0.4, 0.5) is 5.69 Å². The van der Waals surface area contributed by atoms with Gasteiger partial charge in [-0.2, -0.15) is 0 Å². The number of aryl methyl sites for hydroxylation is 1. The Morgan fingerprint density at radius 3 is 2.58 bits per heavy atom. The van der Waals surface area contributed by atoms with Gasteiger partial charge in [0.1, 0.15) is 6.04 Å². The third kappa shape index (κ3) is 3.48. The van der Waals surface area contributed by atoms with Gasteiger partial charge in [-0.05, 0) is 42.7 Å². The van der Waals surface area contributed by atoms with Gasteiger partial charge in [0.05, 0.1) is 4.90 Å². The highest BCUT2D eigenvalue weighted by atomic mass is 32.2. The van der Waals surface area contributed by atoms with Crippen molar-refractivity contribution in [1.82, 2.24) is 4.31 Å². The summed E-state index contributed by atoms with van der Waals surface area (Å²) in [7, 11) is -4.06. The Hall–Kier alpha value is -2.67. The van der Waals surface area contributed by atoms with Crippen LogP contribution < -0.4 is 5.32 Å². The lowest BCUT2D eigenvalue weighted by atomic mass is 10.1. The number of benzene rings is 2. The van der Waals surface area contributed by atoms with Gasteiger partial charge in [0, 0.05) is 12.1 Å². The smallest absolute Gasteiger partial charge is 0.267 e. The fraction of sp³-hybridized carbons (Fsp3) is 0.263. The molecule has 0 radical (unpaired) electrons. The van der Waals surface area contributed by atoms with E-state index in [0.717, 1.165) is 16.3 Å². The van der Waals surface area contributed by atoms with Gasteiger partial charge >= 0.3 is 0 Å². The van der Waals surface area contributed by atoms with Gasteiger partial charge in [0.25, 0.3) is 10.0 Å². The summed E-state index contributed by atoms with van der Waals surface area (Å²) in [5, 5.41) is 2.74. The molecule has 1 fully saturated rings. The summed E-state index contributed by atoms with van der Waals surface area (Å²) in [6, 6.07) is 14.0. The number of nitrogens with zero attached hydrogens (tertiary/aromatic N) is 1. The van der Waals surface area contributed by atoms with Crippen LogP contribution in [0.3, 0.4) is 0 Å². The largest absolute Gasteiger partial charge is 0.324 e. The number of carbonyl (C=O) groups excluding carboxylic acids is 2. The van der Waals surface area contributed by atoms with Crippen LogP contribution in [0.25, 0.3) is 0 Å². The fourth-order valence-electron chi connectivity index (χ4n) is 3.00. The van der Waals surface area contributed by atoms with Gasteiger partial charge in [-0.1, -0.05) is 37.3 Å². The minimum atomic E-state index is -4.06. The van der Waals surface area contributed by atoms with E-state index in [-0.39, 0.29) is 17.7 Å². The summed E-state index contributed by atoms with van der Waals surface area (Å²) in [6.07, 6.45) is 1.02. The second kappa shape index (κ2) is 7.29. The molecule has 1 heterocycles. The first kappa shape index (κ1) is 18.1. The molecule has 1 aliphatic rings. The zero-order valence-corrected chi connectivity index (χ0v) is 15.2. The van der Waals surface area contributed by atoms with Crippen LogP contribution in [0.2, 0.25) is 0 Å². The van der Waals surface area contributed by atoms with Crippen LogP contribution in [0, 0.1) is 0 Å². The van der Waals surface area contributed by atoms with E-state index in [4.69, 9.17) is 0 Å². The molecule has 26 heavy (non-hydrogen) atoms. The Morgan fingerprint density at radius 2 is 1.88 bits per heavy atom. The van der Waals surface area contributed by atoms with Crippen molar-refractivity contribution < 1.29 is 18.0 Å². The van der Waals surface area contributed by atoms with Crippen LogP contribution in [0.1, 0.15) is 25.3 Å². The molecule has 2 aromatic rings. The van der Waals surface area contributed by atoms with Gasteiger partial charge in [0.2, 0.25) is 11.8 Å². The molecule has 2 amide bonds. The van der Waals surface area contributed by atoms with Gasteiger partial charge in [0.15, 0.2) is 0 Å². The van der Waals surface area contributed by atoms with Gasteiger partial charge < -0.3 is 5.32 Å². The van der Waals surface area contributed by atoms with Crippen molar-refractivity contribution in [2.24, 2.45) is 0 Å². The SMILES string of the molecule is CCc1cccc(NC(=O)[C@@H]2CCC(=O)N2S(=O)(=O)c2ccccc2)c1. The Bertz CT molecular complexity index is 926.